The number of amides is 1. The Balaban J connectivity index is 4.15. The van der Waals surface area contributed by atoms with Gasteiger partial charge in [-0.25, -0.2) is 0 Å². The molecule has 0 rings (SSSR count). The molecule has 0 aliphatic carbocycles. The molecule has 0 spiro atoms. The number of nitrogens with one attached hydrogen (secondary N) is 1. The first-order valence-electron chi connectivity index (χ1n) is 37.8. The van der Waals surface area contributed by atoms with Gasteiger partial charge in [-0.2, -0.15) is 0 Å². The van der Waals surface area contributed by atoms with Crippen LogP contribution in [0.1, 0.15) is 309 Å². The summed E-state index contributed by atoms with van der Waals surface area (Å²) in [5.74, 6) is -0.220. The van der Waals surface area contributed by atoms with Crippen LogP contribution in [0.2, 0.25) is 0 Å². The molecule has 92 heavy (non-hydrogen) atoms. The van der Waals surface area contributed by atoms with E-state index >= 15 is 0 Å². The van der Waals surface area contributed by atoms with E-state index in [1.807, 2.05) is 27.2 Å². The zero-order valence-corrected chi connectivity index (χ0v) is 61.1. The van der Waals surface area contributed by atoms with Crippen molar-refractivity contribution in [1.82, 2.24) is 5.32 Å². The molecule has 3 atom stereocenters. The number of hydrogen-bond donors (Lipinski definition) is 2. The fourth-order valence-electron chi connectivity index (χ4n) is 10.4. The summed E-state index contributed by atoms with van der Waals surface area (Å²) in [5.41, 5.74) is 0. The van der Waals surface area contributed by atoms with Gasteiger partial charge in [0, 0.05) is 6.42 Å². The number of nitrogens with zero attached hydrogens (tertiary/aromatic N) is 1. The number of quaternary nitrogens is 1. The first kappa shape index (κ1) is 88.1. The molecule has 2 N–H and O–H groups in total. The van der Waals surface area contributed by atoms with E-state index in [4.69, 9.17) is 9.05 Å². The Kier molecular flexibility index (Phi) is 68.4. The third-order valence-corrected chi connectivity index (χ3v) is 17.2. The highest BCUT2D eigenvalue weighted by Gasteiger charge is 2.23. The number of aliphatic hydroxyl groups excluding tert-OH is 1. The van der Waals surface area contributed by atoms with E-state index in [1.54, 1.807) is 6.08 Å². The van der Waals surface area contributed by atoms with Crippen molar-refractivity contribution in [2.45, 2.75) is 321 Å². The van der Waals surface area contributed by atoms with Crippen molar-refractivity contribution in [1.29, 1.82) is 0 Å². The lowest BCUT2D eigenvalue weighted by atomic mass is 10.0. The molecule has 9 heteroatoms. The number of aliphatic hydroxyl groups is 1. The molecule has 1 amide bonds. The lowest BCUT2D eigenvalue weighted by molar-refractivity contribution is -0.870. The largest absolute Gasteiger partial charge is 0.756 e. The number of carbonyl (C=O) groups is 1. The quantitative estimate of drug-likeness (QED) is 0.0272. The second-order valence-electron chi connectivity index (χ2n) is 26.3. The van der Waals surface area contributed by atoms with E-state index in [0.717, 1.165) is 122 Å². The van der Waals surface area contributed by atoms with Crippen molar-refractivity contribution in [3.8, 4) is 0 Å². The molecule has 0 heterocycles. The van der Waals surface area contributed by atoms with Crippen LogP contribution in [0.25, 0.3) is 0 Å². The smallest absolute Gasteiger partial charge is 0.268 e. The molecular weight excluding hydrogens is 1150 g/mol. The number of rotatable bonds is 68. The molecule has 0 aromatic carbocycles. The van der Waals surface area contributed by atoms with Crippen molar-refractivity contribution in [2.75, 3.05) is 40.9 Å². The highest BCUT2D eigenvalue weighted by atomic mass is 31.2. The average Bonchev–Trinajstić information content (AvgIpc) is 2.63. The Bertz CT molecular complexity index is 2060. The van der Waals surface area contributed by atoms with Gasteiger partial charge in [-0.3, -0.25) is 9.36 Å². The topological polar surface area (TPSA) is 108 Å². The van der Waals surface area contributed by atoms with Crippen LogP contribution >= 0.6 is 7.82 Å². The number of likely N-dealkylation sites (N-methyl/N-ethyl adjacent to an activating group) is 1. The molecular formula is C83H143N2O6P. The standard InChI is InChI=1S/C83H143N2O6P/c1-6-8-10-12-14-16-18-20-22-24-26-28-30-32-34-36-37-38-39-40-41-42-43-44-45-46-47-49-51-53-55-57-59-61-63-65-67-69-71-73-75-77-83(87)84-81(80-91-92(88,89)90-79-78-85(3,4)5)82(86)76-74-72-70-68-66-64-62-60-58-56-54-52-50-48-35-33-31-29-27-25-23-21-19-17-15-13-11-9-7-2/h8,10,14,16,20,22,26,28,32,34,37-38,40-41,43-44,46-47,51,53,58,60,66,68,74,76,81-82,86H,6-7,9,11-13,15,17-19,21,23-25,27,29-31,33,35-36,39,42,45,48-50,52,54-57,59,61-65,67,69-73,75,77-80H2,1-5H3,(H-,84,87,88,89)/b10-8-,16-14-,22-20-,28-26-,34-32-,38-37-,41-40-,44-43-,47-46-,53-51-,60-58+,68-66+,76-74+. The zero-order valence-electron chi connectivity index (χ0n) is 60.2. The highest BCUT2D eigenvalue weighted by Crippen LogP contribution is 2.38. The number of phosphoric acid groups is 1. The predicted octanol–water partition coefficient (Wildman–Crippen LogP) is 24.3. The van der Waals surface area contributed by atoms with E-state index in [1.165, 1.54) is 167 Å². The third-order valence-electron chi connectivity index (χ3n) is 16.2. The minimum Gasteiger partial charge on any atom is -0.756 e. The number of hydrogen-bond acceptors (Lipinski definition) is 6. The summed E-state index contributed by atoms with van der Waals surface area (Å²) in [6.07, 6.45) is 111. The van der Waals surface area contributed by atoms with Gasteiger partial charge in [-0.1, -0.05) is 339 Å². The van der Waals surface area contributed by atoms with E-state index in [2.05, 4.69) is 165 Å². The van der Waals surface area contributed by atoms with Gasteiger partial charge in [0.1, 0.15) is 13.2 Å². The van der Waals surface area contributed by atoms with E-state index in [0.29, 0.717) is 17.4 Å². The Morgan fingerprint density at radius 3 is 1.01 bits per heavy atom. The van der Waals surface area contributed by atoms with Crippen molar-refractivity contribution in [3.63, 3.8) is 0 Å². The molecule has 526 valence electrons. The van der Waals surface area contributed by atoms with Gasteiger partial charge in [0.05, 0.1) is 39.9 Å². The van der Waals surface area contributed by atoms with Crippen LogP contribution in [0.4, 0.5) is 0 Å². The second-order valence-corrected chi connectivity index (χ2v) is 27.7. The van der Waals surface area contributed by atoms with Crippen LogP contribution in [-0.4, -0.2) is 68.5 Å². The fraction of sp³-hybridized carbons (Fsp3) is 0.675. The summed E-state index contributed by atoms with van der Waals surface area (Å²) in [7, 11) is 1.22. The second kappa shape index (κ2) is 71.4. The van der Waals surface area contributed by atoms with Crippen LogP contribution in [0.5, 0.6) is 0 Å². The van der Waals surface area contributed by atoms with Gasteiger partial charge in [-0.15, -0.1) is 0 Å². The summed E-state index contributed by atoms with van der Waals surface area (Å²) in [6, 6.07) is -0.925. The van der Waals surface area contributed by atoms with Crippen LogP contribution in [0, 0.1) is 0 Å². The Hall–Kier alpha value is -3.88. The summed E-state index contributed by atoms with van der Waals surface area (Å²) in [6.45, 7) is 4.52. The molecule has 8 nitrogen and oxygen atoms in total. The first-order chi connectivity index (χ1) is 45.0. The van der Waals surface area contributed by atoms with Crippen LogP contribution in [0.3, 0.4) is 0 Å². The van der Waals surface area contributed by atoms with Gasteiger partial charge in [-0.05, 0) is 122 Å². The normalized spacial score (nSPS) is 14.5. The van der Waals surface area contributed by atoms with Gasteiger partial charge >= 0.3 is 0 Å². The monoisotopic (exact) mass is 1300 g/mol. The van der Waals surface area contributed by atoms with Crippen molar-refractivity contribution >= 4 is 13.7 Å². The van der Waals surface area contributed by atoms with Gasteiger partial charge in [0.25, 0.3) is 7.82 Å². The van der Waals surface area contributed by atoms with Crippen LogP contribution in [-0.2, 0) is 18.4 Å². The molecule has 0 saturated carbocycles. The predicted molar refractivity (Wildman–Crippen MR) is 403 cm³/mol. The van der Waals surface area contributed by atoms with E-state index < -0.39 is 26.6 Å². The molecule has 0 bridgehead atoms. The number of unbranched alkanes of at least 4 members (excludes halogenated alkanes) is 31. The number of allylic oxidation sites excluding steroid dienone is 25. The van der Waals surface area contributed by atoms with E-state index in [-0.39, 0.29) is 12.5 Å². The van der Waals surface area contributed by atoms with E-state index in [9.17, 15) is 19.4 Å². The maximum atomic E-state index is 13.1. The van der Waals surface area contributed by atoms with Crippen molar-refractivity contribution < 1.29 is 32.9 Å². The van der Waals surface area contributed by atoms with Crippen molar-refractivity contribution in [2.24, 2.45) is 0 Å². The molecule has 0 aromatic heterocycles. The summed E-state index contributed by atoms with van der Waals surface area (Å²) >= 11 is 0. The minimum absolute atomic E-state index is 0.0169. The Morgan fingerprint density at radius 1 is 0.391 bits per heavy atom. The first-order valence-corrected chi connectivity index (χ1v) is 39.3. The zero-order chi connectivity index (χ0) is 66.9. The van der Waals surface area contributed by atoms with Gasteiger partial charge in [0.2, 0.25) is 5.91 Å². The molecule has 0 saturated heterocycles. The lowest BCUT2D eigenvalue weighted by Crippen LogP contribution is -2.45. The SMILES string of the molecule is CC/C=C\C/C=C\C/C=C\C/C=C\C/C=C\C/C=C\C/C=C\C/C=C\C/C=C\C/C=C\CCCCCCCCCCCCC(=O)NC(COP(=O)([O-])OCC[N+](C)(C)C)C(O)/C=C/CC/C=C/CC/C=C/CCCCCCCCCCCCCCCCCCCCC. The van der Waals surface area contributed by atoms with Crippen LogP contribution in [0.15, 0.2) is 158 Å². The molecule has 0 radical (unpaired) electrons. The maximum Gasteiger partial charge on any atom is 0.268 e. The van der Waals surface area contributed by atoms with Crippen molar-refractivity contribution in [3.05, 3.63) is 158 Å². The molecule has 3 unspecified atom stereocenters. The summed E-state index contributed by atoms with van der Waals surface area (Å²) < 4.78 is 23.5. The van der Waals surface area contributed by atoms with Gasteiger partial charge < -0.3 is 28.8 Å². The molecule has 0 aliphatic rings. The number of phosphoric ester groups is 1. The molecule has 0 aromatic rings. The minimum atomic E-state index is -4.63. The fourth-order valence-corrected chi connectivity index (χ4v) is 11.1. The van der Waals surface area contributed by atoms with Gasteiger partial charge in [0.15, 0.2) is 0 Å². The number of carbonyl (C=O) groups excluding carboxylic acids is 1. The lowest BCUT2D eigenvalue weighted by Gasteiger charge is -2.29. The Labute approximate surface area is 569 Å². The maximum absolute atomic E-state index is 13.1. The summed E-state index contributed by atoms with van der Waals surface area (Å²) in [5, 5.41) is 13.9. The highest BCUT2D eigenvalue weighted by molar-refractivity contribution is 7.45. The molecule has 0 aliphatic heterocycles. The van der Waals surface area contributed by atoms with Crippen LogP contribution < -0.4 is 10.2 Å². The third kappa shape index (κ3) is 73.5. The summed E-state index contributed by atoms with van der Waals surface area (Å²) in [4.78, 5) is 25.7. The Morgan fingerprint density at radius 2 is 0.674 bits per heavy atom. The average molecular weight is 1300 g/mol. The molecule has 0 fully saturated rings.